The Hall–Kier alpha value is -1.67. The van der Waals surface area contributed by atoms with Gasteiger partial charge in [-0.05, 0) is 30.7 Å². The molecule has 2 aliphatic rings. The summed E-state index contributed by atoms with van der Waals surface area (Å²) in [4.78, 5) is 10.4. The first kappa shape index (κ1) is 18.1. The molecule has 3 rings (SSSR count). The zero-order valence-electron chi connectivity index (χ0n) is 14.4. The van der Waals surface area contributed by atoms with Crippen LogP contribution in [-0.4, -0.2) is 37.8 Å². The minimum absolute atomic E-state index is 0.00581. The van der Waals surface area contributed by atoms with E-state index in [0.29, 0.717) is 13.1 Å². The lowest BCUT2D eigenvalue weighted by molar-refractivity contribution is -0.385. The molecule has 1 saturated heterocycles. The molecule has 8 heteroatoms. The zero-order chi connectivity index (χ0) is 18.1. The van der Waals surface area contributed by atoms with Crippen molar-refractivity contribution in [2.45, 2.75) is 49.8 Å². The van der Waals surface area contributed by atoms with Crippen LogP contribution < -0.4 is 4.74 Å². The molecule has 1 saturated carbocycles. The summed E-state index contributed by atoms with van der Waals surface area (Å²) in [7, 11) is -2.40. The van der Waals surface area contributed by atoms with Crippen LogP contribution in [0.1, 0.15) is 44.9 Å². The Balaban J connectivity index is 1.88. The van der Waals surface area contributed by atoms with Gasteiger partial charge in [0.05, 0.1) is 18.1 Å². The maximum Gasteiger partial charge on any atom is 0.273 e. The van der Waals surface area contributed by atoms with Gasteiger partial charge in [0, 0.05) is 19.2 Å². The third-order valence-corrected chi connectivity index (χ3v) is 7.43. The second-order valence-corrected chi connectivity index (χ2v) is 9.00. The summed E-state index contributed by atoms with van der Waals surface area (Å²) < 4.78 is 32.8. The predicted molar refractivity (Wildman–Crippen MR) is 93.2 cm³/mol. The number of non-ortho nitro benzene ring substituents is 1. The lowest BCUT2D eigenvalue weighted by atomic mass is 9.80. The molecule has 0 N–H and O–H groups in total. The van der Waals surface area contributed by atoms with Gasteiger partial charge in [-0.3, -0.25) is 10.1 Å². The summed E-state index contributed by atoms with van der Waals surface area (Å²) in [5, 5.41) is 10.9. The topological polar surface area (TPSA) is 89.7 Å². The van der Waals surface area contributed by atoms with Crippen LogP contribution in [0.2, 0.25) is 0 Å². The third-order valence-electron chi connectivity index (χ3n) is 5.54. The van der Waals surface area contributed by atoms with Crippen LogP contribution in [0.3, 0.4) is 0 Å². The maximum absolute atomic E-state index is 13.1. The highest BCUT2D eigenvalue weighted by atomic mass is 32.2. The van der Waals surface area contributed by atoms with Gasteiger partial charge in [-0.1, -0.05) is 25.7 Å². The Morgan fingerprint density at radius 2 is 1.84 bits per heavy atom. The Labute approximate surface area is 148 Å². The van der Waals surface area contributed by atoms with E-state index >= 15 is 0 Å². The number of rotatable bonds is 4. The van der Waals surface area contributed by atoms with Crippen molar-refractivity contribution < 1.29 is 18.1 Å². The summed E-state index contributed by atoms with van der Waals surface area (Å²) in [5.41, 5.74) is -0.0881. The van der Waals surface area contributed by atoms with Crippen LogP contribution in [0.5, 0.6) is 5.75 Å². The van der Waals surface area contributed by atoms with Gasteiger partial charge in [-0.25, -0.2) is 8.42 Å². The number of benzene rings is 1. The summed E-state index contributed by atoms with van der Waals surface area (Å²) in [6, 6.07) is 3.67. The minimum Gasteiger partial charge on any atom is -0.495 e. The smallest absolute Gasteiger partial charge is 0.273 e. The van der Waals surface area contributed by atoms with Crippen LogP contribution in [0.25, 0.3) is 0 Å². The van der Waals surface area contributed by atoms with Crippen LogP contribution in [0.4, 0.5) is 5.69 Å². The zero-order valence-corrected chi connectivity index (χ0v) is 15.3. The van der Waals surface area contributed by atoms with Crippen molar-refractivity contribution in [2.24, 2.45) is 5.41 Å². The quantitative estimate of drug-likeness (QED) is 0.600. The van der Waals surface area contributed by atoms with Gasteiger partial charge in [0.1, 0.15) is 10.6 Å². The maximum atomic E-state index is 13.1. The highest BCUT2D eigenvalue weighted by molar-refractivity contribution is 7.89. The molecular formula is C17H24N2O5S. The summed E-state index contributed by atoms with van der Waals surface area (Å²) in [6.07, 6.45) is 7.83. The molecule has 0 aromatic heterocycles. The molecule has 25 heavy (non-hydrogen) atoms. The van der Waals surface area contributed by atoms with Crippen molar-refractivity contribution >= 4 is 15.7 Å². The number of ether oxygens (including phenoxy) is 1. The monoisotopic (exact) mass is 368 g/mol. The average molecular weight is 368 g/mol. The molecule has 1 aliphatic heterocycles. The second kappa shape index (κ2) is 6.92. The SMILES string of the molecule is COc1cc([N+](=O)[O-])ccc1S(=O)(=O)N1CCC2(CCCCCC2)C1. The van der Waals surface area contributed by atoms with Crippen molar-refractivity contribution in [3.63, 3.8) is 0 Å². The fraction of sp³-hybridized carbons (Fsp3) is 0.647. The fourth-order valence-electron chi connectivity index (χ4n) is 4.11. The van der Waals surface area contributed by atoms with Crippen molar-refractivity contribution in [2.75, 3.05) is 20.2 Å². The lowest BCUT2D eigenvalue weighted by Gasteiger charge is -2.27. The van der Waals surface area contributed by atoms with Gasteiger partial charge < -0.3 is 4.74 Å². The Morgan fingerprint density at radius 1 is 1.16 bits per heavy atom. The standard InChI is InChI=1S/C17H24N2O5S/c1-24-15-12-14(19(20)21)6-7-16(15)25(22,23)18-11-10-17(13-18)8-4-2-3-5-9-17/h6-7,12H,2-5,8-11,13H2,1H3. The Morgan fingerprint density at radius 3 is 2.44 bits per heavy atom. The van der Waals surface area contributed by atoms with E-state index in [9.17, 15) is 18.5 Å². The van der Waals surface area contributed by atoms with Gasteiger partial charge >= 0.3 is 0 Å². The number of hydrogen-bond donors (Lipinski definition) is 0. The normalized spacial score (nSPS) is 21.2. The van der Waals surface area contributed by atoms with Gasteiger partial charge in [0.25, 0.3) is 5.69 Å². The molecule has 1 aliphatic carbocycles. The van der Waals surface area contributed by atoms with E-state index in [1.165, 1.54) is 42.5 Å². The average Bonchev–Trinajstić information content (AvgIpc) is 2.88. The number of nitro groups is 1. The molecule has 2 fully saturated rings. The highest BCUT2D eigenvalue weighted by Crippen LogP contribution is 2.44. The van der Waals surface area contributed by atoms with Crippen molar-refractivity contribution in [1.82, 2.24) is 4.31 Å². The van der Waals surface area contributed by atoms with E-state index in [0.717, 1.165) is 32.1 Å². The predicted octanol–water partition coefficient (Wildman–Crippen LogP) is 3.34. The third kappa shape index (κ3) is 3.50. The first-order chi connectivity index (χ1) is 11.9. The van der Waals surface area contributed by atoms with E-state index in [1.54, 1.807) is 0 Å². The summed E-state index contributed by atoms with van der Waals surface area (Å²) >= 11 is 0. The van der Waals surface area contributed by atoms with E-state index in [4.69, 9.17) is 4.74 Å². The van der Waals surface area contributed by atoms with Gasteiger partial charge in [0.2, 0.25) is 10.0 Å². The number of nitrogens with zero attached hydrogens (tertiary/aromatic N) is 2. The van der Waals surface area contributed by atoms with E-state index in [-0.39, 0.29) is 21.7 Å². The molecule has 138 valence electrons. The van der Waals surface area contributed by atoms with E-state index in [1.807, 2.05) is 0 Å². The second-order valence-electron chi connectivity index (χ2n) is 7.10. The number of sulfonamides is 1. The molecule has 0 bridgehead atoms. The first-order valence-corrected chi connectivity index (χ1v) is 10.1. The number of nitro benzene ring substituents is 1. The van der Waals surface area contributed by atoms with Gasteiger partial charge in [-0.15, -0.1) is 0 Å². The minimum atomic E-state index is -3.73. The lowest BCUT2D eigenvalue weighted by Crippen LogP contribution is -2.32. The molecule has 1 aromatic carbocycles. The summed E-state index contributed by atoms with van der Waals surface area (Å²) in [6.45, 7) is 1.04. The van der Waals surface area contributed by atoms with Crippen molar-refractivity contribution in [3.05, 3.63) is 28.3 Å². The van der Waals surface area contributed by atoms with Gasteiger partial charge in [-0.2, -0.15) is 4.31 Å². The molecule has 1 heterocycles. The Kier molecular flexibility index (Phi) is 5.02. The van der Waals surface area contributed by atoms with Crippen LogP contribution >= 0.6 is 0 Å². The first-order valence-electron chi connectivity index (χ1n) is 8.71. The Bertz CT molecular complexity index is 754. The molecule has 0 unspecified atom stereocenters. The highest BCUT2D eigenvalue weighted by Gasteiger charge is 2.43. The number of methoxy groups -OCH3 is 1. The van der Waals surface area contributed by atoms with Crippen LogP contribution in [-0.2, 0) is 10.0 Å². The largest absolute Gasteiger partial charge is 0.495 e. The molecule has 1 aromatic rings. The van der Waals surface area contributed by atoms with Gasteiger partial charge in [0.15, 0.2) is 0 Å². The molecule has 7 nitrogen and oxygen atoms in total. The van der Waals surface area contributed by atoms with Crippen LogP contribution in [0.15, 0.2) is 23.1 Å². The molecule has 0 atom stereocenters. The number of hydrogen-bond acceptors (Lipinski definition) is 5. The van der Waals surface area contributed by atoms with Crippen LogP contribution in [0, 0.1) is 15.5 Å². The molecule has 1 spiro atoms. The summed E-state index contributed by atoms with van der Waals surface area (Å²) in [5.74, 6) is 0.0241. The molecule has 0 radical (unpaired) electrons. The van der Waals surface area contributed by atoms with E-state index < -0.39 is 14.9 Å². The van der Waals surface area contributed by atoms with Crippen molar-refractivity contribution in [3.8, 4) is 5.75 Å². The van der Waals surface area contributed by atoms with Crippen molar-refractivity contribution in [1.29, 1.82) is 0 Å². The molecule has 0 amide bonds. The fourth-order valence-corrected chi connectivity index (χ4v) is 5.80. The molecular weight excluding hydrogens is 344 g/mol. The van der Waals surface area contributed by atoms with E-state index in [2.05, 4.69) is 0 Å².